The number of likely N-dealkylation sites (N-methyl/N-ethyl adjacent to an activating group) is 1. The van der Waals surface area contributed by atoms with Gasteiger partial charge < -0.3 is 25.5 Å². The van der Waals surface area contributed by atoms with Gasteiger partial charge in [0.25, 0.3) is 12.4 Å². The van der Waals surface area contributed by atoms with Gasteiger partial charge >= 0.3 is 0 Å². The summed E-state index contributed by atoms with van der Waals surface area (Å²) in [7, 11) is 1.99. The molecule has 2 aliphatic rings. The Labute approximate surface area is 189 Å². The van der Waals surface area contributed by atoms with Crippen molar-refractivity contribution in [3.05, 3.63) is 29.8 Å². The summed E-state index contributed by atoms with van der Waals surface area (Å²) >= 11 is 0. The van der Waals surface area contributed by atoms with Crippen molar-refractivity contribution >= 4 is 29.9 Å². The summed E-state index contributed by atoms with van der Waals surface area (Å²) < 4.78 is 0. The molecule has 3 amide bonds. The predicted octanol–water partition coefficient (Wildman–Crippen LogP) is 1.48. The third-order valence-electron chi connectivity index (χ3n) is 5.70. The Kier molecular flexibility index (Phi) is 10.1. The number of likely N-dealkylation sites (tertiary alicyclic amines) is 1. The molecule has 32 heavy (non-hydrogen) atoms. The molecule has 9 heteroatoms. The van der Waals surface area contributed by atoms with Crippen LogP contribution in [0.3, 0.4) is 0 Å². The van der Waals surface area contributed by atoms with Crippen LogP contribution in [-0.2, 0) is 14.4 Å². The van der Waals surface area contributed by atoms with Crippen molar-refractivity contribution in [3.63, 3.8) is 0 Å². The Morgan fingerprint density at radius 3 is 2.47 bits per heavy atom. The fraction of sp³-hybridized carbons (Fsp3) is 0.565. The van der Waals surface area contributed by atoms with Crippen LogP contribution in [0.4, 0.5) is 5.69 Å². The van der Waals surface area contributed by atoms with E-state index in [1.54, 1.807) is 17.0 Å². The highest BCUT2D eigenvalue weighted by Crippen LogP contribution is 2.22. The molecule has 2 fully saturated rings. The third-order valence-corrected chi connectivity index (χ3v) is 5.70. The van der Waals surface area contributed by atoms with Crippen LogP contribution in [0, 0.1) is 5.92 Å². The van der Waals surface area contributed by atoms with Gasteiger partial charge in [-0.15, -0.1) is 0 Å². The van der Waals surface area contributed by atoms with Crippen LogP contribution in [-0.4, -0.2) is 73.5 Å². The highest BCUT2D eigenvalue weighted by Gasteiger charge is 2.27. The smallest absolute Gasteiger partial charge is 0.290 e. The van der Waals surface area contributed by atoms with E-state index >= 15 is 0 Å². The lowest BCUT2D eigenvalue weighted by Crippen LogP contribution is -2.42. The molecule has 3 N–H and O–H groups in total. The largest absolute Gasteiger partial charge is 0.483 e. The Hall–Kier alpha value is -2.94. The van der Waals surface area contributed by atoms with E-state index in [9.17, 15) is 14.4 Å². The average Bonchev–Trinajstić information content (AvgIpc) is 3.11. The van der Waals surface area contributed by atoms with E-state index in [1.165, 1.54) is 0 Å². The van der Waals surface area contributed by atoms with Crippen LogP contribution in [0.15, 0.2) is 24.3 Å². The van der Waals surface area contributed by atoms with Crippen molar-refractivity contribution in [2.45, 2.75) is 45.1 Å². The second-order valence-electron chi connectivity index (χ2n) is 8.26. The molecule has 0 saturated carbocycles. The highest BCUT2D eigenvalue weighted by molar-refractivity contribution is 5.97. The number of carbonyl (C=O) groups is 4. The first kappa shape index (κ1) is 25.3. The molecule has 1 aromatic carbocycles. The summed E-state index contributed by atoms with van der Waals surface area (Å²) in [5.41, 5.74) is 1.43. The van der Waals surface area contributed by atoms with Gasteiger partial charge in [-0.05, 0) is 57.0 Å². The number of anilines is 1. The van der Waals surface area contributed by atoms with E-state index in [2.05, 4.69) is 15.5 Å². The quantitative estimate of drug-likeness (QED) is 0.570. The third kappa shape index (κ3) is 7.33. The number of benzene rings is 1. The van der Waals surface area contributed by atoms with E-state index < -0.39 is 0 Å². The lowest BCUT2D eigenvalue weighted by molar-refractivity contribution is -0.125. The first-order chi connectivity index (χ1) is 15.4. The zero-order chi connectivity index (χ0) is 23.5. The lowest BCUT2D eigenvalue weighted by Gasteiger charge is -2.22. The molecule has 2 aliphatic heterocycles. The van der Waals surface area contributed by atoms with Crippen LogP contribution in [0.1, 0.15) is 49.4 Å². The van der Waals surface area contributed by atoms with Crippen molar-refractivity contribution in [2.75, 3.05) is 38.1 Å². The fourth-order valence-corrected chi connectivity index (χ4v) is 4.12. The van der Waals surface area contributed by atoms with Gasteiger partial charge in [-0.3, -0.25) is 19.2 Å². The van der Waals surface area contributed by atoms with Crippen LogP contribution in [0.2, 0.25) is 0 Å². The number of carboxylic acid groups (broad SMARTS) is 1. The minimum Gasteiger partial charge on any atom is -0.483 e. The number of nitrogens with zero attached hydrogens (tertiary/aromatic N) is 2. The topological polar surface area (TPSA) is 119 Å². The molecular weight excluding hydrogens is 412 g/mol. The zero-order valence-electron chi connectivity index (χ0n) is 18.9. The van der Waals surface area contributed by atoms with Crippen molar-refractivity contribution < 1.29 is 24.3 Å². The molecule has 0 unspecified atom stereocenters. The SMILES string of the molecule is CCCNC(=O)[C@@H]1CC[C@H](NC(=O)c2ccc(N3CCCC3=O)cc2)CN(C)C1.O=CO. The summed E-state index contributed by atoms with van der Waals surface area (Å²) in [6.07, 6.45) is 3.95. The molecule has 2 heterocycles. The van der Waals surface area contributed by atoms with Gasteiger partial charge in [0.1, 0.15) is 0 Å². The Bertz CT molecular complexity index is 783. The second-order valence-corrected chi connectivity index (χ2v) is 8.26. The van der Waals surface area contributed by atoms with Gasteiger partial charge in [0.2, 0.25) is 11.8 Å². The van der Waals surface area contributed by atoms with Gasteiger partial charge in [0.05, 0.1) is 5.92 Å². The van der Waals surface area contributed by atoms with Gasteiger partial charge in [-0.2, -0.15) is 0 Å². The number of amides is 3. The fourth-order valence-electron chi connectivity index (χ4n) is 4.12. The number of nitrogens with one attached hydrogen (secondary N) is 2. The Morgan fingerprint density at radius 1 is 1.19 bits per heavy atom. The first-order valence-corrected chi connectivity index (χ1v) is 11.1. The van der Waals surface area contributed by atoms with E-state index in [0.29, 0.717) is 25.1 Å². The van der Waals surface area contributed by atoms with E-state index in [1.807, 2.05) is 26.1 Å². The molecule has 0 aromatic heterocycles. The summed E-state index contributed by atoms with van der Waals surface area (Å²) in [5.74, 6) is 0.0984. The van der Waals surface area contributed by atoms with Crippen LogP contribution in [0.5, 0.6) is 0 Å². The van der Waals surface area contributed by atoms with Gasteiger partial charge in [-0.1, -0.05) is 6.92 Å². The predicted molar refractivity (Wildman–Crippen MR) is 121 cm³/mol. The molecule has 2 atom stereocenters. The lowest BCUT2D eigenvalue weighted by atomic mass is 10.0. The number of carbonyl (C=O) groups excluding carboxylic acids is 3. The van der Waals surface area contributed by atoms with Gasteiger partial charge in [0, 0.05) is 49.9 Å². The molecule has 0 spiro atoms. The molecule has 0 bridgehead atoms. The summed E-state index contributed by atoms with van der Waals surface area (Å²) in [5, 5.41) is 13.0. The molecule has 0 aliphatic carbocycles. The van der Waals surface area contributed by atoms with E-state index in [0.717, 1.165) is 44.5 Å². The van der Waals surface area contributed by atoms with Crippen molar-refractivity contribution in [2.24, 2.45) is 5.92 Å². The van der Waals surface area contributed by atoms with E-state index in [4.69, 9.17) is 9.90 Å². The maximum Gasteiger partial charge on any atom is 0.290 e. The van der Waals surface area contributed by atoms with Crippen LogP contribution < -0.4 is 15.5 Å². The molecule has 176 valence electrons. The molecular formula is C23H34N4O5. The number of hydrogen-bond acceptors (Lipinski definition) is 5. The first-order valence-electron chi connectivity index (χ1n) is 11.1. The van der Waals surface area contributed by atoms with Crippen LogP contribution in [0.25, 0.3) is 0 Å². The molecule has 9 nitrogen and oxygen atoms in total. The van der Waals surface area contributed by atoms with Crippen molar-refractivity contribution in [3.8, 4) is 0 Å². The Balaban J connectivity index is 0.00000114. The zero-order valence-corrected chi connectivity index (χ0v) is 18.9. The summed E-state index contributed by atoms with van der Waals surface area (Å²) in [6.45, 7) is 4.68. The summed E-state index contributed by atoms with van der Waals surface area (Å²) in [4.78, 5) is 49.1. The second kappa shape index (κ2) is 12.8. The molecule has 2 saturated heterocycles. The van der Waals surface area contributed by atoms with Crippen molar-refractivity contribution in [1.82, 2.24) is 15.5 Å². The van der Waals surface area contributed by atoms with Crippen LogP contribution >= 0.6 is 0 Å². The average molecular weight is 447 g/mol. The number of hydrogen-bond donors (Lipinski definition) is 3. The normalized spacial score (nSPS) is 21.2. The van der Waals surface area contributed by atoms with Gasteiger partial charge in [0.15, 0.2) is 0 Å². The molecule has 3 rings (SSSR count). The standard InChI is InChI=1S/C22H32N4O3.CH2O2/c1-3-12-23-21(28)17-6-9-18(15-25(2)14-17)24-22(29)16-7-10-19(11-8-16)26-13-4-5-20(26)27;2-1-3/h7-8,10-11,17-18H,3-6,9,12-15H2,1-2H3,(H,23,28)(H,24,29);1H,(H,2,3)/t17-,18+;/m1./s1. The minimum absolute atomic E-state index is 0.0105. The maximum atomic E-state index is 12.7. The summed E-state index contributed by atoms with van der Waals surface area (Å²) in [6, 6.07) is 7.24. The molecule has 0 radical (unpaired) electrons. The Morgan fingerprint density at radius 2 is 1.88 bits per heavy atom. The van der Waals surface area contributed by atoms with Gasteiger partial charge in [-0.25, -0.2) is 0 Å². The number of rotatable bonds is 6. The van der Waals surface area contributed by atoms with E-state index in [-0.39, 0.29) is 36.2 Å². The minimum atomic E-state index is -0.250. The monoisotopic (exact) mass is 446 g/mol. The highest BCUT2D eigenvalue weighted by atomic mass is 16.3. The molecule has 1 aromatic rings. The van der Waals surface area contributed by atoms with Crippen molar-refractivity contribution in [1.29, 1.82) is 0 Å². The maximum absolute atomic E-state index is 12.7.